The zero-order valence-corrected chi connectivity index (χ0v) is 6.70. The summed E-state index contributed by atoms with van der Waals surface area (Å²) < 4.78 is 4.90. The van der Waals surface area contributed by atoms with Crippen LogP contribution in [0.15, 0.2) is 4.52 Å². The van der Waals surface area contributed by atoms with Crippen LogP contribution in [0.3, 0.4) is 0 Å². The lowest BCUT2D eigenvalue weighted by Crippen LogP contribution is -1.99. The Morgan fingerprint density at radius 3 is 2.70 bits per heavy atom. The zero-order chi connectivity index (χ0) is 7.56. The van der Waals surface area contributed by atoms with Crippen LogP contribution < -0.4 is 4.84 Å². The molecule has 1 rings (SSSR count). The van der Waals surface area contributed by atoms with Gasteiger partial charge in [0.05, 0.1) is 5.69 Å². The van der Waals surface area contributed by atoms with Gasteiger partial charge in [-0.05, 0) is 25.6 Å². The Morgan fingerprint density at radius 2 is 2.30 bits per heavy atom. The van der Waals surface area contributed by atoms with E-state index in [1.54, 1.807) is 0 Å². The minimum Gasteiger partial charge on any atom is -0.361 e. The van der Waals surface area contributed by atoms with Gasteiger partial charge in [0, 0.05) is 12.1 Å². The standard InChI is InChI=1S/C6H9ClN2O/c1-4-6(3-8-7)5(2)10-9-4/h8H,3H2,1-2H3. The molecule has 1 aromatic rings. The van der Waals surface area contributed by atoms with Gasteiger partial charge < -0.3 is 4.52 Å². The largest absolute Gasteiger partial charge is 0.361 e. The molecule has 1 aromatic heterocycles. The summed E-state index contributed by atoms with van der Waals surface area (Å²) in [7, 11) is 0. The van der Waals surface area contributed by atoms with Crippen molar-refractivity contribution < 1.29 is 4.52 Å². The monoisotopic (exact) mass is 160 g/mol. The van der Waals surface area contributed by atoms with Crippen molar-refractivity contribution in [3.8, 4) is 0 Å². The van der Waals surface area contributed by atoms with E-state index in [-0.39, 0.29) is 0 Å². The first-order valence-corrected chi connectivity index (χ1v) is 3.38. The maximum Gasteiger partial charge on any atom is 0.138 e. The average molecular weight is 161 g/mol. The van der Waals surface area contributed by atoms with Crippen molar-refractivity contribution >= 4 is 11.8 Å². The molecule has 0 radical (unpaired) electrons. The SMILES string of the molecule is Cc1noc(C)c1CNCl. The number of hydrogen-bond acceptors (Lipinski definition) is 3. The highest BCUT2D eigenvalue weighted by Gasteiger charge is 2.06. The molecule has 0 bridgehead atoms. The first-order valence-electron chi connectivity index (χ1n) is 3.01. The van der Waals surface area contributed by atoms with Crippen LogP contribution >= 0.6 is 11.8 Å². The molecule has 0 amide bonds. The molecule has 10 heavy (non-hydrogen) atoms. The Bertz CT molecular complexity index is 202. The van der Waals surface area contributed by atoms with E-state index in [2.05, 4.69) is 9.99 Å². The molecule has 0 unspecified atom stereocenters. The number of nitrogens with one attached hydrogen (secondary N) is 1. The molecule has 0 aliphatic heterocycles. The van der Waals surface area contributed by atoms with E-state index in [9.17, 15) is 0 Å². The molecular formula is C6H9ClN2O. The van der Waals surface area contributed by atoms with Gasteiger partial charge in [0.2, 0.25) is 0 Å². The summed E-state index contributed by atoms with van der Waals surface area (Å²) in [5.41, 5.74) is 1.93. The summed E-state index contributed by atoms with van der Waals surface area (Å²) in [5, 5.41) is 3.76. The zero-order valence-electron chi connectivity index (χ0n) is 5.94. The van der Waals surface area contributed by atoms with Crippen molar-refractivity contribution in [3.63, 3.8) is 0 Å². The maximum atomic E-state index is 5.32. The minimum atomic E-state index is 0.600. The normalized spacial score (nSPS) is 10.3. The summed E-state index contributed by atoms with van der Waals surface area (Å²) in [6.45, 7) is 4.35. The highest BCUT2D eigenvalue weighted by atomic mass is 35.5. The van der Waals surface area contributed by atoms with Gasteiger partial charge in [-0.2, -0.15) is 0 Å². The molecule has 0 saturated heterocycles. The summed E-state index contributed by atoms with van der Waals surface area (Å²) in [4.78, 5) is 2.52. The molecule has 0 fully saturated rings. The molecule has 56 valence electrons. The highest BCUT2D eigenvalue weighted by molar-refractivity contribution is 6.13. The summed E-state index contributed by atoms with van der Waals surface area (Å²) in [6.07, 6.45) is 0. The van der Waals surface area contributed by atoms with E-state index in [0.29, 0.717) is 6.54 Å². The lowest BCUT2D eigenvalue weighted by molar-refractivity contribution is 0.392. The van der Waals surface area contributed by atoms with Gasteiger partial charge >= 0.3 is 0 Å². The summed E-state index contributed by atoms with van der Waals surface area (Å²) in [6, 6.07) is 0. The third-order valence-corrected chi connectivity index (χ3v) is 1.56. The van der Waals surface area contributed by atoms with Crippen LogP contribution in [-0.2, 0) is 6.54 Å². The van der Waals surface area contributed by atoms with Gasteiger partial charge in [0.15, 0.2) is 0 Å². The molecule has 0 aliphatic carbocycles. The third-order valence-electron chi connectivity index (χ3n) is 1.42. The summed E-state index contributed by atoms with van der Waals surface area (Å²) in [5.74, 6) is 0.825. The molecular weight excluding hydrogens is 152 g/mol. The van der Waals surface area contributed by atoms with Crippen LogP contribution in [0.5, 0.6) is 0 Å². The Morgan fingerprint density at radius 1 is 1.60 bits per heavy atom. The van der Waals surface area contributed by atoms with Gasteiger partial charge in [-0.25, -0.2) is 4.84 Å². The fraction of sp³-hybridized carbons (Fsp3) is 0.500. The Hall–Kier alpha value is -0.540. The van der Waals surface area contributed by atoms with Crippen molar-refractivity contribution in [2.24, 2.45) is 0 Å². The van der Waals surface area contributed by atoms with E-state index in [1.807, 2.05) is 13.8 Å². The first-order chi connectivity index (χ1) is 4.75. The average Bonchev–Trinajstić information content (AvgIpc) is 2.20. The molecule has 3 nitrogen and oxygen atoms in total. The number of nitrogens with zero attached hydrogens (tertiary/aromatic N) is 1. The van der Waals surface area contributed by atoms with Crippen molar-refractivity contribution in [2.45, 2.75) is 20.4 Å². The predicted molar refractivity (Wildman–Crippen MR) is 38.7 cm³/mol. The number of rotatable bonds is 2. The van der Waals surface area contributed by atoms with Crippen LogP contribution in [0.25, 0.3) is 0 Å². The number of aryl methyl sites for hydroxylation is 2. The van der Waals surface area contributed by atoms with Gasteiger partial charge in [-0.15, -0.1) is 0 Å². The second-order valence-electron chi connectivity index (χ2n) is 2.11. The van der Waals surface area contributed by atoms with Gasteiger partial charge in [0.1, 0.15) is 5.76 Å². The van der Waals surface area contributed by atoms with Crippen molar-refractivity contribution in [1.29, 1.82) is 0 Å². The number of aromatic nitrogens is 1. The Labute approximate surface area is 64.5 Å². The Kier molecular flexibility index (Phi) is 2.29. The van der Waals surface area contributed by atoms with Crippen LogP contribution in [0, 0.1) is 13.8 Å². The van der Waals surface area contributed by atoms with E-state index in [0.717, 1.165) is 17.0 Å². The van der Waals surface area contributed by atoms with Gasteiger partial charge in [-0.3, -0.25) is 0 Å². The van der Waals surface area contributed by atoms with Crippen molar-refractivity contribution in [3.05, 3.63) is 17.0 Å². The fourth-order valence-electron chi connectivity index (χ4n) is 0.821. The quantitative estimate of drug-likeness (QED) is 0.667. The first kappa shape index (κ1) is 7.57. The smallest absolute Gasteiger partial charge is 0.138 e. The lowest BCUT2D eigenvalue weighted by atomic mass is 10.2. The molecule has 4 heteroatoms. The number of hydrogen-bond donors (Lipinski definition) is 1. The molecule has 0 aliphatic rings. The van der Waals surface area contributed by atoms with Crippen molar-refractivity contribution in [2.75, 3.05) is 0 Å². The highest BCUT2D eigenvalue weighted by Crippen LogP contribution is 2.11. The predicted octanol–water partition coefficient (Wildman–Crippen LogP) is 1.53. The van der Waals surface area contributed by atoms with E-state index in [4.69, 9.17) is 16.3 Å². The van der Waals surface area contributed by atoms with Crippen LogP contribution in [0.4, 0.5) is 0 Å². The van der Waals surface area contributed by atoms with Crippen LogP contribution in [0.1, 0.15) is 17.0 Å². The topological polar surface area (TPSA) is 38.1 Å². The van der Waals surface area contributed by atoms with Crippen molar-refractivity contribution in [1.82, 2.24) is 9.99 Å². The molecule has 0 saturated carbocycles. The second kappa shape index (κ2) is 3.03. The molecule has 1 heterocycles. The Balaban J connectivity index is 2.87. The second-order valence-corrected chi connectivity index (χ2v) is 2.38. The van der Waals surface area contributed by atoms with E-state index < -0.39 is 0 Å². The lowest BCUT2D eigenvalue weighted by Gasteiger charge is -1.93. The summed E-state index contributed by atoms with van der Waals surface area (Å²) >= 11 is 5.32. The molecule has 0 atom stereocenters. The minimum absolute atomic E-state index is 0.600. The molecule has 0 aromatic carbocycles. The maximum absolute atomic E-state index is 5.32. The molecule has 1 N–H and O–H groups in total. The van der Waals surface area contributed by atoms with Crippen LogP contribution in [-0.4, -0.2) is 5.16 Å². The van der Waals surface area contributed by atoms with Gasteiger partial charge in [-0.1, -0.05) is 5.16 Å². The third kappa shape index (κ3) is 1.30. The fourth-order valence-corrected chi connectivity index (χ4v) is 0.955. The van der Waals surface area contributed by atoms with Gasteiger partial charge in [0.25, 0.3) is 0 Å². The molecule has 0 spiro atoms. The van der Waals surface area contributed by atoms with Crippen LogP contribution in [0.2, 0.25) is 0 Å². The number of halogens is 1. The van der Waals surface area contributed by atoms with E-state index >= 15 is 0 Å². The van der Waals surface area contributed by atoms with E-state index in [1.165, 1.54) is 0 Å².